The van der Waals surface area contributed by atoms with Crippen molar-refractivity contribution in [2.24, 2.45) is 0 Å². The molecule has 106 valence electrons. The van der Waals surface area contributed by atoms with Crippen molar-refractivity contribution in [3.63, 3.8) is 0 Å². The molecular weight excluding hydrogens is 253 g/mol. The van der Waals surface area contributed by atoms with E-state index in [1.807, 2.05) is 0 Å². The minimum absolute atomic E-state index is 0.495. The highest BCUT2D eigenvalue weighted by molar-refractivity contribution is 5.82. The molecule has 0 bridgehead atoms. The van der Waals surface area contributed by atoms with Gasteiger partial charge in [0.1, 0.15) is 18.7 Å². The van der Waals surface area contributed by atoms with E-state index in [0.29, 0.717) is 0 Å². The molecule has 0 aliphatic rings. The summed E-state index contributed by atoms with van der Waals surface area (Å²) in [4.78, 5) is 23.4. The Labute approximate surface area is 103 Å². The summed E-state index contributed by atoms with van der Waals surface area (Å²) in [5, 5.41) is 1.66. The largest absolute Gasteiger partial charge is 0.444 e. The van der Waals surface area contributed by atoms with Gasteiger partial charge in [-0.3, -0.25) is 4.79 Å². The predicted molar refractivity (Wildman–Crippen MR) is 57.9 cm³/mol. The molecule has 1 N–H and O–H groups in total. The van der Waals surface area contributed by atoms with E-state index in [9.17, 15) is 22.8 Å². The molecule has 18 heavy (non-hydrogen) atoms. The number of alkyl halides is 3. The van der Waals surface area contributed by atoms with Crippen LogP contribution in [0.25, 0.3) is 0 Å². The Hall–Kier alpha value is -1.47. The summed E-state index contributed by atoms with van der Waals surface area (Å²) in [7, 11) is 1.27. The third-order valence-electron chi connectivity index (χ3n) is 1.57. The topological polar surface area (TPSA) is 58.6 Å². The molecular formula is C10H17F3N2O3. The van der Waals surface area contributed by atoms with Crippen LogP contribution in [0, 0.1) is 0 Å². The van der Waals surface area contributed by atoms with Gasteiger partial charge in [0, 0.05) is 7.05 Å². The SMILES string of the molecule is CN(CC(=O)NCC(F)(F)F)C(=O)OC(C)(C)C. The lowest BCUT2D eigenvalue weighted by atomic mass is 10.2. The number of rotatable bonds is 3. The lowest BCUT2D eigenvalue weighted by Crippen LogP contribution is -2.43. The third-order valence-corrected chi connectivity index (χ3v) is 1.57. The smallest absolute Gasteiger partial charge is 0.410 e. The molecule has 0 aromatic heterocycles. The fourth-order valence-corrected chi connectivity index (χ4v) is 0.875. The Balaban J connectivity index is 4.12. The maximum absolute atomic E-state index is 11.8. The van der Waals surface area contributed by atoms with Crippen LogP contribution in [0.2, 0.25) is 0 Å². The van der Waals surface area contributed by atoms with Crippen LogP contribution in [0.3, 0.4) is 0 Å². The number of nitrogens with zero attached hydrogens (tertiary/aromatic N) is 1. The van der Waals surface area contributed by atoms with E-state index in [1.54, 1.807) is 26.1 Å². The van der Waals surface area contributed by atoms with Gasteiger partial charge in [-0.25, -0.2) is 4.79 Å². The van der Waals surface area contributed by atoms with Gasteiger partial charge in [-0.05, 0) is 20.8 Å². The van der Waals surface area contributed by atoms with Gasteiger partial charge in [0.15, 0.2) is 0 Å². The van der Waals surface area contributed by atoms with Gasteiger partial charge in [-0.1, -0.05) is 0 Å². The zero-order valence-electron chi connectivity index (χ0n) is 10.7. The first-order chi connectivity index (χ1) is 7.91. The van der Waals surface area contributed by atoms with Crippen LogP contribution < -0.4 is 5.32 Å². The standard InChI is InChI=1S/C10H17F3N2O3/c1-9(2,3)18-8(17)15(4)5-7(16)14-6-10(11,12)13/h5-6H2,1-4H3,(H,14,16). The number of halogens is 3. The van der Waals surface area contributed by atoms with Gasteiger partial charge in [-0.2, -0.15) is 13.2 Å². The van der Waals surface area contributed by atoms with Crippen molar-refractivity contribution >= 4 is 12.0 Å². The Bertz CT molecular complexity index is 310. The molecule has 0 heterocycles. The Morgan fingerprint density at radius 2 is 1.72 bits per heavy atom. The van der Waals surface area contributed by atoms with Gasteiger partial charge in [0.25, 0.3) is 0 Å². The van der Waals surface area contributed by atoms with Crippen molar-refractivity contribution < 1.29 is 27.5 Å². The Kier molecular flexibility index (Phi) is 5.44. The number of hydrogen-bond donors (Lipinski definition) is 1. The number of hydrogen-bond acceptors (Lipinski definition) is 3. The zero-order chi connectivity index (χ0) is 14.6. The first-order valence-corrected chi connectivity index (χ1v) is 5.18. The molecule has 0 fully saturated rings. The van der Waals surface area contributed by atoms with Crippen molar-refractivity contribution in [1.29, 1.82) is 0 Å². The fraction of sp³-hybridized carbons (Fsp3) is 0.800. The molecule has 0 saturated carbocycles. The lowest BCUT2D eigenvalue weighted by Gasteiger charge is -2.24. The van der Waals surface area contributed by atoms with Crippen molar-refractivity contribution in [2.45, 2.75) is 32.5 Å². The fourth-order valence-electron chi connectivity index (χ4n) is 0.875. The second kappa shape index (κ2) is 5.92. The highest BCUT2D eigenvalue weighted by Crippen LogP contribution is 2.12. The Morgan fingerprint density at radius 3 is 2.11 bits per heavy atom. The van der Waals surface area contributed by atoms with Crippen LogP contribution in [-0.2, 0) is 9.53 Å². The molecule has 0 radical (unpaired) electrons. The Morgan fingerprint density at radius 1 is 1.22 bits per heavy atom. The van der Waals surface area contributed by atoms with Crippen LogP contribution in [0.15, 0.2) is 0 Å². The summed E-state index contributed by atoms with van der Waals surface area (Å²) in [6, 6.07) is 0. The van der Waals surface area contributed by atoms with Crippen molar-refractivity contribution in [3.05, 3.63) is 0 Å². The summed E-state index contributed by atoms with van der Waals surface area (Å²) < 4.78 is 40.4. The summed E-state index contributed by atoms with van der Waals surface area (Å²) in [6.07, 6.45) is -5.25. The number of ether oxygens (including phenoxy) is 1. The highest BCUT2D eigenvalue weighted by atomic mass is 19.4. The third kappa shape index (κ3) is 8.66. The molecule has 0 unspecified atom stereocenters. The first kappa shape index (κ1) is 16.5. The maximum atomic E-state index is 11.8. The monoisotopic (exact) mass is 270 g/mol. The summed E-state index contributed by atoms with van der Waals surface area (Å²) >= 11 is 0. The number of carbonyl (C=O) groups is 2. The molecule has 0 rings (SSSR count). The van der Waals surface area contributed by atoms with Gasteiger partial charge >= 0.3 is 12.3 Å². The summed E-state index contributed by atoms with van der Waals surface area (Å²) in [5.41, 5.74) is -0.728. The van der Waals surface area contributed by atoms with Crippen LogP contribution in [-0.4, -0.2) is 48.8 Å². The van der Waals surface area contributed by atoms with Crippen LogP contribution >= 0.6 is 0 Å². The average Bonchev–Trinajstić information content (AvgIpc) is 2.10. The molecule has 8 heteroatoms. The number of carbonyl (C=O) groups excluding carboxylic acids is 2. The zero-order valence-corrected chi connectivity index (χ0v) is 10.7. The summed E-state index contributed by atoms with van der Waals surface area (Å²) in [5.74, 6) is -0.902. The van der Waals surface area contributed by atoms with Gasteiger partial charge in [-0.15, -0.1) is 0 Å². The molecule has 0 saturated heterocycles. The molecule has 0 aromatic rings. The predicted octanol–water partition coefficient (Wildman–Crippen LogP) is 1.53. The molecule has 0 aliphatic heterocycles. The number of likely N-dealkylation sites (N-methyl/N-ethyl adjacent to an activating group) is 1. The average molecular weight is 270 g/mol. The minimum atomic E-state index is -4.47. The van der Waals surface area contributed by atoms with E-state index >= 15 is 0 Å². The second-order valence-electron chi connectivity index (χ2n) is 4.73. The lowest BCUT2D eigenvalue weighted by molar-refractivity contribution is -0.138. The van der Waals surface area contributed by atoms with Crippen molar-refractivity contribution in [3.8, 4) is 0 Å². The van der Waals surface area contributed by atoms with E-state index in [0.717, 1.165) is 4.90 Å². The molecule has 0 atom stereocenters. The summed E-state index contributed by atoms with van der Waals surface area (Å²) in [6.45, 7) is 3.01. The van der Waals surface area contributed by atoms with Crippen molar-refractivity contribution in [1.82, 2.24) is 10.2 Å². The quantitative estimate of drug-likeness (QED) is 0.846. The number of amides is 2. The molecule has 0 aromatic carbocycles. The molecule has 5 nitrogen and oxygen atoms in total. The minimum Gasteiger partial charge on any atom is -0.444 e. The van der Waals surface area contributed by atoms with E-state index in [4.69, 9.17) is 4.74 Å². The second-order valence-corrected chi connectivity index (χ2v) is 4.73. The van der Waals surface area contributed by atoms with Gasteiger partial charge < -0.3 is 15.0 Å². The normalized spacial score (nSPS) is 11.9. The van der Waals surface area contributed by atoms with Crippen LogP contribution in [0.4, 0.5) is 18.0 Å². The molecule has 0 aliphatic carbocycles. The van der Waals surface area contributed by atoms with Crippen molar-refractivity contribution in [2.75, 3.05) is 20.1 Å². The van der Waals surface area contributed by atoms with Gasteiger partial charge in [0.2, 0.25) is 5.91 Å². The maximum Gasteiger partial charge on any atom is 0.410 e. The van der Waals surface area contributed by atoms with Gasteiger partial charge in [0.05, 0.1) is 0 Å². The number of nitrogens with one attached hydrogen (secondary N) is 1. The van der Waals surface area contributed by atoms with E-state index in [-0.39, 0.29) is 0 Å². The molecule has 0 spiro atoms. The molecule has 2 amide bonds. The highest BCUT2D eigenvalue weighted by Gasteiger charge is 2.28. The van der Waals surface area contributed by atoms with E-state index in [1.165, 1.54) is 7.05 Å². The van der Waals surface area contributed by atoms with Crippen LogP contribution in [0.1, 0.15) is 20.8 Å². The van der Waals surface area contributed by atoms with Crippen LogP contribution in [0.5, 0.6) is 0 Å². The van der Waals surface area contributed by atoms with E-state index in [2.05, 4.69) is 0 Å². The van der Waals surface area contributed by atoms with E-state index < -0.39 is 36.9 Å². The first-order valence-electron chi connectivity index (χ1n) is 5.18.